The Morgan fingerprint density at radius 1 is 1.35 bits per heavy atom. The Morgan fingerprint density at radius 2 is 2.18 bits per heavy atom. The lowest BCUT2D eigenvalue weighted by atomic mass is 9.95. The number of Topliss-reactive ketones (excluding diaryl/α,β-unsaturated/α-hetero) is 1. The van der Waals surface area contributed by atoms with Crippen LogP contribution in [0.1, 0.15) is 22.0 Å². The molecule has 2 rings (SSSR count). The van der Waals surface area contributed by atoms with Gasteiger partial charge in [-0.1, -0.05) is 28.1 Å². The van der Waals surface area contributed by atoms with Crippen LogP contribution in [-0.2, 0) is 0 Å². The van der Waals surface area contributed by atoms with Crippen molar-refractivity contribution in [2.75, 3.05) is 0 Å². The fraction of sp³-hybridized carbons (Fsp3) is 0.0769. The highest BCUT2D eigenvalue weighted by Gasteiger charge is 2.23. The SMILES string of the molecule is N#CC(C(=O)c1ccco1)c1cccc(Br)c1. The summed E-state index contributed by atoms with van der Waals surface area (Å²) in [4.78, 5) is 12.0. The molecule has 1 aromatic carbocycles. The zero-order chi connectivity index (χ0) is 12.3. The Kier molecular flexibility index (Phi) is 3.40. The molecule has 17 heavy (non-hydrogen) atoms. The molecule has 1 aromatic heterocycles. The van der Waals surface area contributed by atoms with E-state index in [1.54, 1.807) is 30.3 Å². The summed E-state index contributed by atoms with van der Waals surface area (Å²) in [5.74, 6) is -0.953. The summed E-state index contributed by atoms with van der Waals surface area (Å²) in [5.41, 5.74) is 0.656. The van der Waals surface area contributed by atoms with E-state index in [1.165, 1.54) is 6.26 Å². The maximum atomic E-state index is 12.0. The van der Waals surface area contributed by atoms with E-state index in [0.29, 0.717) is 5.56 Å². The minimum Gasteiger partial charge on any atom is -0.461 e. The van der Waals surface area contributed by atoms with Crippen molar-refractivity contribution in [3.63, 3.8) is 0 Å². The van der Waals surface area contributed by atoms with E-state index in [-0.39, 0.29) is 11.5 Å². The molecule has 84 valence electrons. The molecular formula is C13H8BrNO2. The van der Waals surface area contributed by atoms with E-state index in [2.05, 4.69) is 15.9 Å². The Labute approximate surface area is 107 Å². The molecule has 2 aromatic rings. The van der Waals surface area contributed by atoms with Gasteiger partial charge in [0.1, 0.15) is 5.92 Å². The van der Waals surface area contributed by atoms with Gasteiger partial charge in [-0.25, -0.2) is 0 Å². The van der Waals surface area contributed by atoms with Crippen molar-refractivity contribution in [2.45, 2.75) is 5.92 Å². The molecule has 1 heterocycles. The van der Waals surface area contributed by atoms with Crippen LogP contribution in [0.3, 0.4) is 0 Å². The molecule has 0 saturated heterocycles. The molecule has 0 amide bonds. The van der Waals surface area contributed by atoms with Crippen molar-refractivity contribution in [1.82, 2.24) is 0 Å². The summed E-state index contributed by atoms with van der Waals surface area (Å²) in [7, 11) is 0. The molecule has 0 radical (unpaired) electrons. The van der Waals surface area contributed by atoms with Gasteiger partial charge in [0.2, 0.25) is 5.78 Å². The number of carbonyl (C=O) groups excluding carboxylic acids is 1. The lowest BCUT2D eigenvalue weighted by molar-refractivity contribution is 0.0952. The van der Waals surface area contributed by atoms with Crippen LogP contribution < -0.4 is 0 Å². The Balaban J connectivity index is 2.35. The first-order chi connectivity index (χ1) is 8.22. The molecular weight excluding hydrogens is 282 g/mol. The summed E-state index contributed by atoms with van der Waals surface area (Å²) in [6.07, 6.45) is 1.42. The quantitative estimate of drug-likeness (QED) is 0.812. The van der Waals surface area contributed by atoms with Crippen LogP contribution in [0.2, 0.25) is 0 Å². The highest BCUT2D eigenvalue weighted by molar-refractivity contribution is 9.10. The Morgan fingerprint density at radius 3 is 2.76 bits per heavy atom. The summed E-state index contributed by atoms with van der Waals surface area (Å²) < 4.78 is 5.85. The molecule has 0 saturated carbocycles. The molecule has 0 bridgehead atoms. The van der Waals surface area contributed by atoms with Crippen molar-refractivity contribution in [2.24, 2.45) is 0 Å². The third-order valence-corrected chi connectivity index (χ3v) is 2.83. The largest absolute Gasteiger partial charge is 0.461 e. The maximum absolute atomic E-state index is 12.0. The number of halogens is 1. The van der Waals surface area contributed by atoms with Crippen LogP contribution in [0.15, 0.2) is 51.6 Å². The average Bonchev–Trinajstić information content (AvgIpc) is 2.83. The fourth-order valence-electron chi connectivity index (χ4n) is 1.53. The van der Waals surface area contributed by atoms with Crippen molar-refractivity contribution in [1.29, 1.82) is 5.26 Å². The minimum atomic E-state index is -0.835. The van der Waals surface area contributed by atoms with E-state index in [1.807, 2.05) is 12.1 Å². The predicted octanol–water partition coefficient (Wildman–Crippen LogP) is 3.53. The van der Waals surface area contributed by atoms with Crippen LogP contribution in [0, 0.1) is 11.3 Å². The average molecular weight is 290 g/mol. The molecule has 0 aliphatic carbocycles. The zero-order valence-electron chi connectivity index (χ0n) is 8.76. The third kappa shape index (κ3) is 2.45. The van der Waals surface area contributed by atoms with Crippen LogP contribution in [-0.4, -0.2) is 5.78 Å². The number of ketones is 1. The van der Waals surface area contributed by atoms with Crippen molar-refractivity contribution in [3.8, 4) is 6.07 Å². The first kappa shape index (κ1) is 11.6. The van der Waals surface area contributed by atoms with Gasteiger partial charge in [0.05, 0.1) is 12.3 Å². The van der Waals surface area contributed by atoms with Gasteiger partial charge in [-0.2, -0.15) is 5.26 Å². The summed E-state index contributed by atoms with van der Waals surface area (Å²) in [5, 5.41) is 9.11. The number of carbonyl (C=O) groups is 1. The second-order valence-electron chi connectivity index (χ2n) is 3.46. The van der Waals surface area contributed by atoms with Gasteiger partial charge in [-0.3, -0.25) is 4.79 Å². The summed E-state index contributed by atoms with van der Waals surface area (Å²) >= 11 is 3.31. The van der Waals surface area contributed by atoms with Crippen LogP contribution in [0.5, 0.6) is 0 Å². The minimum absolute atomic E-state index is 0.205. The number of hydrogen-bond acceptors (Lipinski definition) is 3. The van der Waals surface area contributed by atoms with Gasteiger partial charge >= 0.3 is 0 Å². The number of hydrogen-bond donors (Lipinski definition) is 0. The summed E-state index contributed by atoms with van der Waals surface area (Å²) in [6, 6.07) is 12.3. The molecule has 0 aliphatic rings. The molecule has 0 N–H and O–H groups in total. The molecule has 1 atom stereocenters. The number of rotatable bonds is 3. The lowest BCUT2D eigenvalue weighted by Gasteiger charge is -2.06. The van der Waals surface area contributed by atoms with Gasteiger partial charge in [-0.05, 0) is 29.8 Å². The normalized spacial score (nSPS) is 11.8. The number of nitrogens with zero attached hydrogens (tertiary/aromatic N) is 1. The highest BCUT2D eigenvalue weighted by Crippen LogP contribution is 2.23. The van der Waals surface area contributed by atoms with E-state index in [0.717, 1.165) is 4.47 Å². The fourth-order valence-corrected chi connectivity index (χ4v) is 1.95. The lowest BCUT2D eigenvalue weighted by Crippen LogP contribution is -2.10. The van der Waals surface area contributed by atoms with Crippen molar-refractivity contribution in [3.05, 3.63) is 58.5 Å². The standard InChI is InChI=1S/C13H8BrNO2/c14-10-4-1-3-9(7-10)11(8-15)13(16)12-5-2-6-17-12/h1-7,11H. The molecule has 0 aliphatic heterocycles. The zero-order valence-corrected chi connectivity index (χ0v) is 10.3. The highest BCUT2D eigenvalue weighted by atomic mass is 79.9. The van der Waals surface area contributed by atoms with Crippen molar-refractivity contribution < 1.29 is 9.21 Å². The first-order valence-electron chi connectivity index (χ1n) is 4.95. The van der Waals surface area contributed by atoms with Gasteiger partial charge in [-0.15, -0.1) is 0 Å². The first-order valence-corrected chi connectivity index (χ1v) is 5.74. The van der Waals surface area contributed by atoms with Crippen LogP contribution >= 0.6 is 15.9 Å². The van der Waals surface area contributed by atoms with Gasteiger partial charge < -0.3 is 4.42 Å². The van der Waals surface area contributed by atoms with E-state index >= 15 is 0 Å². The second kappa shape index (κ2) is 4.98. The third-order valence-electron chi connectivity index (χ3n) is 2.34. The molecule has 0 spiro atoms. The molecule has 1 unspecified atom stereocenters. The number of nitriles is 1. The van der Waals surface area contributed by atoms with E-state index < -0.39 is 5.92 Å². The van der Waals surface area contributed by atoms with E-state index in [9.17, 15) is 4.79 Å². The monoisotopic (exact) mass is 289 g/mol. The van der Waals surface area contributed by atoms with Crippen LogP contribution in [0.4, 0.5) is 0 Å². The van der Waals surface area contributed by atoms with Gasteiger partial charge in [0.15, 0.2) is 5.76 Å². The Hall–Kier alpha value is -1.86. The number of furan rings is 1. The second-order valence-corrected chi connectivity index (χ2v) is 4.37. The molecule has 3 nitrogen and oxygen atoms in total. The molecule has 4 heteroatoms. The van der Waals surface area contributed by atoms with Crippen molar-refractivity contribution >= 4 is 21.7 Å². The van der Waals surface area contributed by atoms with E-state index in [4.69, 9.17) is 9.68 Å². The van der Waals surface area contributed by atoms with Crippen LogP contribution in [0.25, 0.3) is 0 Å². The summed E-state index contributed by atoms with van der Waals surface area (Å²) in [6.45, 7) is 0. The number of benzene rings is 1. The van der Waals surface area contributed by atoms with Gasteiger partial charge in [0, 0.05) is 4.47 Å². The topological polar surface area (TPSA) is 54.0 Å². The maximum Gasteiger partial charge on any atom is 0.219 e. The van der Waals surface area contributed by atoms with Gasteiger partial charge in [0.25, 0.3) is 0 Å². The predicted molar refractivity (Wildman–Crippen MR) is 65.5 cm³/mol. The Bertz CT molecular complexity index is 569. The smallest absolute Gasteiger partial charge is 0.219 e. The molecule has 0 fully saturated rings.